The molecule has 0 aliphatic carbocycles. The van der Waals surface area contributed by atoms with Gasteiger partial charge in [-0.1, -0.05) is 17.3 Å². The molecule has 0 radical (unpaired) electrons. The Kier molecular flexibility index (Phi) is 5.35. The van der Waals surface area contributed by atoms with Gasteiger partial charge in [0.25, 0.3) is 5.91 Å². The van der Waals surface area contributed by atoms with E-state index in [0.29, 0.717) is 22.6 Å². The quantitative estimate of drug-likeness (QED) is 0.895. The van der Waals surface area contributed by atoms with Gasteiger partial charge in [0.05, 0.1) is 12.8 Å². The molecule has 0 spiro atoms. The number of anilines is 2. The second-order valence-corrected chi connectivity index (χ2v) is 5.91. The van der Waals surface area contributed by atoms with E-state index in [0.717, 1.165) is 0 Å². The maximum Gasteiger partial charge on any atom is 0.413 e. The highest BCUT2D eigenvalue weighted by Gasteiger charge is 2.29. The second kappa shape index (κ2) is 7.86. The summed E-state index contributed by atoms with van der Waals surface area (Å²) in [7, 11) is 2.88. The summed E-state index contributed by atoms with van der Waals surface area (Å²) < 4.78 is 18.0. The topological polar surface area (TPSA) is 80.2 Å². The van der Waals surface area contributed by atoms with Gasteiger partial charge in [-0.25, -0.2) is 9.18 Å². The van der Waals surface area contributed by atoms with Gasteiger partial charge in [-0.05, 0) is 36.4 Å². The summed E-state index contributed by atoms with van der Waals surface area (Å²) in [6.45, 7) is 0. The number of nitrogens with zero attached hydrogens (tertiary/aromatic N) is 2. The minimum Gasteiger partial charge on any atom is -0.452 e. The van der Waals surface area contributed by atoms with Gasteiger partial charge < -0.3 is 14.9 Å². The van der Waals surface area contributed by atoms with Gasteiger partial charge >= 0.3 is 6.09 Å². The fourth-order valence-electron chi connectivity index (χ4n) is 2.59. The van der Waals surface area contributed by atoms with E-state index in [-0.39, 0.29) is 18.1 Å². The van der Waals surface area contributed by atoms with Crippen molar-refractivity contribution in [3.63, 3.8) is 0 Å². The van der Waals surface area contributed by atoms with Gasteiger partial charge in [-0.2, -0.15) is 0 Å². The zero-order valence-corrected chi connectivity index (χ0v) is 14.8. The summed E-state index contributed by atoms with van der Waals surface area (Å²) >= 11 is 0. The number of halogens is 1. The lowest BCUT2D eigenvalue weighted by Crippen LogP contribution is -2.28. The first-order chi connectivity index (χ1) is 13.0. The lowest BCUT2D eigenvalue weighted by Gasteiger charge is -2.16. The van der Waals surface area contributed by atoms with Crippen molar-refractivity contribution in [1.29, 1.82) is 0 Å². The maximum absolute atomic E-state index is 13.3. The van der Waals surface area contributed by atoms with Crippen LogP contribution < -0.4 is 10.2 Å². The highest BCUT2D eigenvalue weighted by Crippen LogP contribution is 2.21. The Morgan fingerprint density at radius 2 is 2.00 bits per heavy atom. The summed E-state index contributed by atoms with van der Waals surface area (Å²) in [5.41, 5.74) is 2.27. The van der Waals surface area contributed by atoms with Crippen LogP contribution in [0.4, 0.5) is 20.6 Å². The number of rotatable bonds is 4. The molecule has 2 amide bonds. The number of nitrogens with one attached hydrogen (secondary N) is 1. The van der Waals surface area contributed by atoms with Crippen molar-refractivity contribution in [3.8, 4) is 0 Å². The average Bonchev–Trinajstić information content (AvgIpc) is 3.18. The first-order valence-electron chi connectivity index (χ1n) is 8.19. The molecule has 0 saturated carbocycles. The number of ether oxygens (including phenoxy) is 1. The van der Waals surface area contributed by atoms with Gasteiger partial charge in [0.1, 0.15) is 5.82 Å². The van der Waals surface area contributed by atoms with E-state index in [1.807, 2.05) is 0 Å². The van der Waals surface area contributed by atoms with E-state index in [9.17, 15) is 14.0 Å². The zero-order valence-electron chi connectivity index (χ0n) is 14.8. The zero-order chi connectivity index (χ0) is 19.4. The third kappa shape index (κ3) is 4.22. The van der Waals surface area contributed by atoms with Crippen molar-refractivity contribution in [2.75, 3.05) is 24.4 Å². The van der Waals surface area contributed by atoms with Gasteiger partial charge in [0, 0.05) is 30.4 Å². The van der Waals surface area contributed by atoms with Gasteiger partial charge in [-0.15, -0.1) is 0 Å². The first-order valence-corrected chi connectivity index (χ1v) is 8.19. The van der Waals surface area contributed by atoms with Crippen molar-refractivity contribution in [3.05, 3.63) is 59.9 Å². The third-order valence-corrected chi connectivity index (χ3v) is 4.09. The minimum absolute atomic E-state index is 0.248. The standard InChI is InChI=1S/C19H18FN3O4/c1-23(19(25)26-2)15-8-6-14(7-9-15)21-18(24)17-11-16(22-27-17)12-4-3-5-13(20)10-12/h3-10,17H,11H2,1-2H3,(H,21,24)/t17-/m0/s1. The first kappa shape index (κ1) is 18.4. The Morgan fingerprint density at radius 3 is 2.67 bits per heavy atom. The molecule has 27 heavy (non-hydrogen) atoms. The SMILES string of the molecule is COC(=O)N(C)c1ccc(NC(=O)[C@@H]2CC(c3cccc(F)c3)=NO2)cc1. The molecule has 0 unspecified atom stereocenters. The van der Waals surface area contributed by atoms with Crippen LogP contribution >= 0.6 is 0 Å². The van der Waals surface area contributed by atoms with Crippen LogP contribution in [0.15, 0.2) is 53.7 Å². The molecule has 0 fully saturated rings. The smallest absolute Gasteiger partial charge is 0.413 e. The van der Waals surface area contributed by atoms with E-state index >= 15 is 0 Å². The molecule has 0 aromatic heterocycles. The van der Waals surface area contributed by atoms with E-state index in [1.54, 1.807) is 43.4 Å². The second-order valence-electron chi connectivity index (χ2n) is 5.91. The van der Waals surface area contributed by atoms with Crippen LogP contribution in [0, 0.1) is 5.82 Å². The van der Waals surface area contributed by atoms with E-state index in [4.69, 9.17) is 4.84 Å². The van der Waals surface area contributed by atoms with Crippen LogP contribution in [0.1, 0.15) is 12.0 Å². The number of hydrogen-bond acceptors (Lipinski definition) is 5. The largest absolute Gasteiger partial charge is 0.452 e. The molecule has 1 aliphatic heterocycles. The number of oxime groups is 1. The van der Waals surface area contributed by atoms with E-state index < -0.39 is 12.2 Å². The van der Waals surface area contributed by atoms with Gasteiger partial charge in [-0.3, -0.25) is 9.69 Å². The summed E-state index contributed by atoms with van der Waals surface area (Å²) in [6.07, 6.45) is -1.04. The van der Waals surface area contributed by atoms with E-state index in [1.165, 1.54) is 24.1 Å². The monoisotopic (exact) mass is 371 g/mol. The molecule has 140 valence electrons. The third-order valence-electron chi connectivity index (χ3n) is 4.09. The normalized spacial score (nSPS) is 15.5. The number of amides is 2. The number of benzene rings is 2. The summed E-state index contributed by atoms with van der Waals surface area (Å²) in [5.74, 6) is -0.737. The van der Waals surface area contributed by atoms with Crippen LogP contribution in [0.3, 0.4) is 0 Å². The van der Waals surface area contributed by atoms with Crippen molar-refractivity contribution < 1.29 is 23.6 Å². The lowest BCUT2D eigenvalue weighted by molar-refractivity contribution is -0.125. The molecule has 7 nitrogen and oxygen atoms in total. The van der Waals surface area contributed by atoms with Crippen molar-refractivity contribution in [2.45, 2.75) is 12.5 Å². The maximum atomic E-state index is 13.3. The molecule has 8 heteroatoms. The number of carbonyl (C=O) groups excluding carboxylic acids is 2. The molecule has 3 rings (SSSR count). The number of methoxy groups -OCH3 is 1. The van der Waals surface area contributed by atoms with Crippen LogP contribution in [0.2, 0.25) is 0 Å². The fraction of sp³-hybridized carbons (Fsp3) is 0.211. The molecular weight excluding hydrogens is 353 g/mol. The fourth-order valence-corrected chi connectivity index (χ4v) is 2.59. The van der Waals surface area contributed by atoms with Crippen LogP contribution in [0.5, 0.6) is 0 Å². The van der Waals surface area contributed by atoms with Crippen LogP contribution in [-0.2, 0) is 14.4 Å². The summed E-state index contributed by atoms with van der Waals surface area (Å²) in [5, 5.41) is 6.62. The predicted octanol–water partition coefficient (Wildman–Crippen LogP) is 3.16. The Bertz CT molecular complexity index is 883. The van der Waals surface area contributed by atoms with Gasteiger partial charge in [0.2, 0.25) is 6.10 Å². The van der Waals surface area contributed by atoms with Crippen LogP contribution in [-0.4, -0.2) is 38.0 Å². The van der Waals surface area contributed by atoms with E-state index in [2.05, 4.69) is 15.2 Å². The van der Waals surface area contributed by atoms with Crippen molar-refractivity contribution in [1.82, 2.24) is 0 Å². The molecule has 2 aromatic rings. The summed E-state index contributed by atoms with van der Waals surface area (Å²) in [4.78, 5) is 30.4. The molecule has 1 N–H and O–H groups in total. The average molecular weight is 371 g/mol. The van der Waals surface area contributed by atoms with Crippen molar-refractivity contribution in [2.24, 2.45) is 5.16 Å². The van der Waals surface area contributed by atoms with Crippen molar-refractivity contribution >= 4 is 29.1 Å². The highest BCUT2D eigenvalue weighted by molar-refractivity contribution is 6.06. The molecule has 1 heterocycles. The molecular formula is C19H18FN3O4. The lowest BCUT2D eigenvalue weighted by atomic mass is 10.0. The Labute approximate surface area is 155 Å². The molecule has 0 bridgehead atoms. The summed E-state index contributed by atoms with van der Waals surface area (Å²) in [6, 6.07) is 12.7. The molecule has 1 atom stereocenters. The Morgan fingerprint density at radius 1 is 1.26 bits per heavy atom. The Hall–Kier alpha value is -3.42. The predicted molar refractivity (Wildman–Crippen MR) is 98.3 cm³/mol. The Balaban J connectivity index is 1.59. The number of hydrogen-bond donors (Lipinski definition) is 1. The molecule has 1 aliphatic rings. The molecule has 0 saturated heterocycles. The highest BCUT2D eigenvalue weighted by atomic mass is 19.1. The van der Waals surface area contributed by atoms with Crippen LogP contribution in [0.25, 0.3) is 0 Å². The number of carbonyl (C=O) groups is 2. The van der Waals surface area contributed by atoms with Gasteiger partial charge in [0.15, 0.2) is 0 Å². The minimum atomic E-state index is -0.791. The molecule has 2 aromatic carbocycles.